The highest BCUT2D eigenvalue weighted by molar-refractivity contribution is 7.89. The second-order valence-electron chi connectivity index (χ2n) is 9.05. The Kier molecular flexibility index (Phi) is 6.67. The van der Waals surface area contributed by atoms with Gasteiger partial charge in [-0.05, 0) is 68.6 Å². The van der Waals surface area contributed by atoms with Crippen LogP contribution in [0.2, 0.25) is 0 Å². The van der Waals surface area contributed by atoms with Crippen LogP contribution in [0, 0.1) is 17.7 Å². The molecule has 2 saturated carbocycles. The first kappa shape index (κ1) is 22.9. The molecular formula is C23H29FN2O5S. The average Bonchev–Trinajstić information content (AvgIpc) is 3.65. The highest BCUT2D eigenvalue weighted by Gasteiger charge is 2.47. The molecule has 1 aliphatic heterocycles. The van der Waals surface area contributed by atoms with Gasteiger partial charge in [-0.15, -0.1) is 0 Å². The summed E-state index contributed by atoms with van der Waals surface area (Å²) in [7, 11) is -3.55. The number of nitrogens with one attached hydrogen (secondary N) is 2. The minimum atomic E-state index is -3.55. The van der Waals surface area contributed by atoms with Crippen molar-refractivity contribution >= 4 is 21.8 Å². The van der Waals surface area contributed by atoms with Crippen LogP contribution in [0.15, 0.2) is 30.4 Å². The van der Waals surface area contributed by atoms with E-state index in [9.17, 15) is 22.4 Å². The molecule has 1 atom stereocenters. The lowest BCUT2D eigenvalue weighted by Gasteiger charge is -2.19. The lowest BCUT2D eigenvalue weighted by molar-refractivity contribution is -0.136. The van der Waals surface area contributed by atoms with Gasteiger partial charge in [-0.25, -0.2) is 17.5 Å². The average molecular weight is 465 g/mol. The van der Waals surface area contributed by atoms with Gasteiger partial charge in [0.1, 0.15) is 0 Å². The predicted octanol–water partition coefficient (Wildman–Crippen LogP) is 2.91. The summed E-state index contributed by atoms with van der Waals surface area (Å²) in [6.45, 7) is 0.490. The van der Waals surface area contributed by atoms with E-state index in [4.69, 9.17) is 4.74 Å². The molecule has 0 spiro atoms. The van der Waals surface area contributed by atoms with Crippen LogP contribution in [0.1, 0.15) is 56.9 Å². The van der Waals surface area contributed by atoms with E-state index in [0.717, 1.165) is 18.4 Å². The van der Waals surface area contributed by atoms with E-state index in [2.05, 4.69) is 10.0 Å². The molecule has 3 aliphatic rings. The standard InChI is InChI=1S/C23H29FN2O5S/c24-19-9-8-18(14-20(19)31-15-16-5-6-16)23(11-12-23)26-32(29,30)13-3-1-2-4-17-7-10-21(27)25-22(17)28/h1-2,8-9,14,16-17,26H,3-7,10-13,15H2,(H,25,27,28)/b2-1-. The van der Waals surface area contributed by atoms with Crippen LogP contribution in [0.3, 0.4) is 0 Å². The summed E-state index contributed by atoms with van der Waals surface area (Å²) in [5.74, 6) is -0.602. The van der Waals surface area contributed by atoms with Gasteiger partial charge in [0.2, 0.25) is 21.8 Å². The number of benzene rings is 1. The maximum absolute atomic E-state index is 14.1. The van der Waals surface area contributed by atoms with Crippen LogP contribution in [0.5, 0.6) is 5.75 Å². The highest BCUT2D eigenvalue weighted by Crippen LogP contribution is 2.47. The summed E-state index contributed by atoms with van der Waals surface area (Å²) in [4.78, 5) is 22.9. The Balaban J connectivity index is 1.28. The number of carbonyl (C=O) groups excluding carboxylic acids is 2. The number of imide groups is 1. The molecule has 32 heavy (non-hydrogen) atoms. The fourth-order valence-corrected chi connectivity index (χ4v) is 5.36. The molecule has 4 rings (SSSR count). The zero-order valence-corrected chi connectivity index (χ0v) is 18.8. The lowest BCUT2D eigenvalue weighted by Crippen LogP contribution is -2.40. The van der Waals surface area contributed by atoms with Crippen LogP contribution in [0.4, 0.5) is 4.39 Å². The number of ether oxygens (including phenoxy) is 1. The first-order valence-electron chi connectivity index (χ1n) is 11.2. The number of amides is 2. The number of hydrogen-bond acceptors (Lipinski definition) is 5. The summed E-state index contributed by atoms with van der Waals surface area (Å²) in [5.41, 5.74) is 0.0300. The van der Waals surface area contributed by atoms with Crippen LogP contribution in [0.25, 0.3) is 0 Å². The zero-order valence-electron chi connectivity index (χ0n) is 17.9. The van der Waals surface area contributed by atoms with Gasteiger partial charge >= 0.3 is 0 Å². The Morgan fingerprint density at radius 1 is 1.19 bits per heavy atom. The summed E-state index contributed by atoms with van der Waals surface area (Å²) >= 11 is 0. The predicted molar refractivity (Wildman–Crippen MR) is 117 cm³/mol. The Labute approximate surface area is 187 Å². The molecule has 1 unspecified atom stereocenters. The van der Waals surface area contributed by atoms with Gasteiger partial charge in [0.25, 0.3) is 0 Å². The van der Waals surface area contributed by atoms with E-state index in [0.29, 0.717) is 51.0 Å². The van der Waals surface area contributed by atoms with E-state index in [1.807, 2.05) is 0 Å². The maximum Gasteiger partial charge on any atom is 0.229 e. The molecule has 9 heteroatoms. The van der Waals surface area contributed by atoms with E-state index in [-0.39, 0.29) is 29.2 Å². The molecule has 1 heterocycles. The Hall–Kier alpha value is -2.26. The molecule has 0 bridgehead atoms. The van der Waals surface area contributed by atoms with Gasteiger partial charge in [-0.2, -0.15) is 0 Å². The molecule has 174 valence electrons. The van der Waals surface area contributed by atoms with Crippen molar-refractivity contribution in [3.05, 3.63) is 41.7 Å². The number of sulfonamides is 1. The van der Waals surface area contributed by atoms with Crippen molar-refractivity contribution in [1.82, 2.24) is 10.0 Å². The lowest BCUT2D eigenvalue weighted by atomic mass is 9.95. The molecule has 1 aromatic rings. The minimum absolute atomic E-state index is 0.0766. The Morgan fingerprint density at radius 2 is 1.97 bits per heavy atom. The van der Waals surface area contributed by atoms with Crippen molar-refractivity contribution in [2.75, 3.05) is 12.4 Å². The van der Waals surface area contributed by atoms with Gasteiger partial charge in [-0.3, -0.25) is 14.9 Å². The number of carbonyl (C=O) groups is 2. The molecule has 1 aromatic carbocycles. The van der Waals surface area contributed by atoms with Gasteiger partial charge < -0.3 is 4.74 Å². The van der Waals surface area contributed by atoms with E-state index >= 15 is 0 Å². The van der Waals surface area contributed by atoms with E-state index < -0.39 is 21.4 Å². The quantitative estimate of drug-likeness (QED) is 0.387. The molecule has 2 N–H and O–H groups in total. The van der Waals surface area contributed by atoms with Gasteiger partial charge in [0.15, 0.2) is 11.6 Å². The molecule has 2 aliphatic carbocycles. The van der Waals surface area contributed by atoms with Gasteiger partial charge in [0.05, 0.1) is 17.9 Å². The molecule has 1 saturated heterocycles. The third-order valence-corrected chi connectivity index (χ3v) is 7.72. The maximum atomic E-state index is 14.1. The molecule has 2 amide bonds. The van der Waals surface area contributed by atoms with Crippen molar-refractivity contribution in [2.45, 2.75) is 56.9 Å². The Morgan fingerprint density at radius 3 is 2.66 bits per heavy atom. The highest BCUT2D eigenvalue weighted by atomic mass is 32.2. The number of hydrogen-bond donors (Lipinski definition) is 2. The van der Waals surface area contributed by atoms with E-state index in [1.54, 1.807) is 24.3 Å². The molecule has 0 aromatic heterocycles. The Bertz CT molecular complexity index is 1020. The molecule has 7 nitrogen and oxygen atoms in total. The smallest absolute Gasteiger partial charge is 0.229 e. The van der Waals surface area contributed by atoms with E-state index in [1.165, 1.54) is 6.07 Å². The number of piperidine rings is 1. The second-order valence-corrected chi connectivity index (χ2v) is 10.9. The summed E-state index contributed by atoms with van der Waals surface area (Å²) in [6.07, 6.45) is 8.73. The summed E-state index contributed by atoms with van der Waals surface area (Å²) in [6, 6.07) is 4.57. The third kappa shape index (κ3) is 5.95. The second kappa shape index (κ2) is 9.31. The summed E-state index contributed by atoms with van der Waals surface area (Å²) in [5, 5.41) is 2.32. The van der Waals surface area contributed by atoms with Gasteiger partial charge in [0, 0.05) is 12.3 Å². The first-order valence-corrected chi connectivity index (χ1v) is 12.8. The zero-order chi connectivity index (χ0) is 22.8. The molecule has 3 fully saturated rings. The van der Waals surface area contributed by atoms with Gasteiger partial charge in [-0.1, -0.05) is 18.2 Å². The third-order valence-electron chi connectivity index (χ3n) is 6.25. The van der Waals surface area contributed by atoms with Crippen LogP contribution in [-0.2, 0) is 25.2 Å². The normalized spacial score (nSPS) is 22.7. The number of halogens is 1. The topological polar surface area (TPSA) is 102 Å². The fraction of sp³-hybridized carbons (Fsp3) is 0.565. The number of allylic oxidation sites excluding steroid dienone is 2. The van der Waals surface area contributed by atoms with Crippen molar-refractivity contribution in [3.63, 3.8) is 0 Å². The molecule has 0 radical (unpaired) electrons. The fourth-order valence-electron chi connectivity index (χ4n) is 3.89. The van der Waals surface area contributed by atoms with Crippen molar-refractivity contribution < 1.29 is 27.1 Å². The molecular weight excluding hydrogens is 435 g/mol. The number of rotatable bonds is 11. The largest absolute Gasteiger partial charge is 0.490 e. The minimum Gasteiger partial charge on any atom is -0.490 e. The van der Waals surface area contributed by atoms with Crippen molar-refractivity contribution in [2.24, 2.45) is 11.8 Å². The van der Waals surface area contributed by atoms with Crippen LogP contribution < -0.4 is 14.8 Å². The SMILES string of the molecule is O=C1CCC(C/C=C\CCS(=O)(=O)NC2(c3ccc(F)c(OCC4CC4)c3)CC2)C(=O)N1. The van der Waals surface area contributed by atoms with Crippen molar-refractivity contribution in [1.29, 1.82) is 0 Å². The van der Waals surface area contributed by atoms with Crippen LogP contribution >= 0.6 is 0 Å². The monoisotopic (exact) mass is 464 g/mol. The summed E-state index contributed by atoms with van der Waals surface area (Å²) < 4.78 is 47.8. The van der Waals surface area contributed by atoms with Crippen LogP contribution in [-0.4, -0.2) is 32.6 Å². The first-order chi connectivity index (χ1) is 15.3. The van der Waals surface area contributed by atoms with Crippen molar-refractivity contribution in [3.8, 4) is 5.75 Å².